The summed E-state index contributed by atoms with van der Waals surface area (Å²) < 4.78 is 10.7. The van der Waals surface area contributed by atoms with Gasteiger partial charge in [0.15, 0.2) is 17.5 Å². The maximum atomic E-state index is 12.5. The SMILES string of the molecule is COc1cc(C)c(C[NH+](C)[C@@H](C)C(=O)N2CCNC2=O)cc1OC. The number of benzene rings is 1. The van der Waals surface area contributed by atoms with Crippen LogP contribution < -0.4 is 19.7 Å². The zero-order chi connectivity index (χ0) is 17.9. The highest BCUT2D eigenvalue weighted by atomic mass is 16.5. The van der Waals surface area contributed by atoms with E-state index in [2.05, 4.69) is 5.32 Å². The predicted molar refractivity (Wildman–Crippen MR) is 89.4 cm³/mol. The Morgan fingerprint density at radius 1 is 1.33 bits per heavy atom. The van der Waals surface area contributed by atoms with Gasteiger partial charge in [0.2, 0.25) is 0 Å². The van der Waals surface area contributed by atoms with E-state index in [9.17, 15) is 9.59 Å². The van der Waals surface area contributed by atoms with E-state index < -0.39 is 0 Å². The molecule has 2 rings (SSSR count). The molecule has 3 amide bonds. The molecule has 1 aromatic carbocycles. The highest BCUT2D eigenvalue weighted by Crippen LogP contribution is 2.29. The fourth-order valence-electron chi connectivity index (χ4n) is 2.79. The Hall–Kier alpha value is -2.28. The number of hydrogen-bond donors (Lipinski definition) is 2. The number of quaternary nitrogens is 1. The first-order valence-electron chi connectivity index (χ1n) is 8.02. The van der Waals surface area contributed by atoms with Gasteiger partial charge >= 0.3 is 6.03 Å². The maximum absolute atomic E-state index is 12.5. The lowest BCUT2D eigenvalue weighted by atomic mass is 10.1. The zero-order valence-corrected chi connectivity index (χ0v) is 14.9. The van der Waals surface area contributed by atoms with Crippen LogP contribution in [0, 0.1) is 6.92 Å². The van der Waals surface area contributed by atoms with Crippen LogP contribution in [0.2, 0.25) is 0 Å². The van der Waals surface area contributed by atoms with Gasteiger partial charge in [-0.1, -0.05) is 0 Å². The van der Waals surface area contributed by atoms with E-state index in [4.69, 9.17) is 9.47 Å². The van der Waals surface area contributed by atoms with Gasteiger partial charge in [-0.05, 0) is 31.5 Å². The monoisotopic (exact) mass is 336 g/mol. The quantitative estimate of drug-likeness (QED) is 0.765. The summed E-state index contributed by atoms with van der Waals surface area (Å²) in [5, 5.41) is 2.66. The number of amides is 3. The van der Waals surface area contributed by atoms with E-state index in [1.165, 1.54) is 4.90 Å². The van der Waals surface area contributed by atoms with Crippen LogP contribution in [0.4, 0.5) is 4.79 Å². The van der Waals surface area contributed by atoms with Crippen molar-refractivity contribution in [2.75, 3.05) is 34.4 Å². The van der Waals surface area contributed by atoms with E-state index in [1.807, 2.05) is 33.0 Å². The number of aryl methyl sites for hydroxylation is 1. The maximum Gasteiger partial charge on any atom is 0.324 e. The topological polar surface area (TPSA) is 72.3 Å². The van der Waals surface area contributed by atoms with Crippen LogP contribution >= 0.6 is 0 Å². The average molecular weight is 336 g/mol. The third kappa shape index (κ3) is 3.62. The van der Waals surface area contributed by atoms with E-state index in [-0.39, 0.29) is 18.0 Å². The summed E-state index contributed by atoms with van der Waals surface area (Å²) >= 11 is 0. The van der Waals surface area contributed by atoms with Crippen LogP contribution in [0.15, 0.2) is 12.1 Å². The summed E-state index contributed by atoms with van der Waals surface area (Å²) in [5.74, 6) is 1.21. The molecule has 24 heavy (non-hydrogen) atoms. The van der Waals surface area contributed by atoms with E-state index in [0.29, 0.717) is 31.1 Å². The van der Waals surface area contributed by atoms with Crippen molar-refractivity contribution in [1.29, 1.82) is 0 Å². The molecule has 1 heterocycles. The number of urea groups is 1. The van der Waals surface area contributed by atoms with Gasteiger partial charge in [-0.3, -0.25) is 9.69 Å². The average Bonchev–Trinajstić information content (AvgIpc) is 3.00. The number of nitrogens with zero attached hydrogens (tertiary/aromatic N) is 1. The Balaban J connectivity index is 2.12. The number of methoxy groups -OCH3 is 2. The Labute approximate surface area is 142 Å². The van der Waals surface area contributed by atoms with Crippen molar-refractivity contribution < 1.29 is 24.0 Å². The summed E-state index contributed by atoms with van der Waals surface area (Å²) in [5.41, 5.74) is 2.15. The minimum absolute atomic E-state index is 0.152. The van der Waals surface area contributed by atoms with Gasteiger partial charge in [0, 0.05) is 18.7 Å². The molecule has 7 heteroatoms. The van der Waals surface area contributed by atoms with Crippen LogP contribution in [0.25, 0.3) is 0 Å². The Morgan fingerprint density at radius 2 is 1.96 bits per heavy atom. The summed E-state index contributed by atoms with van der Waals surface area (Å²) in [6.07, 6.45) is 0. The summed E-state index contributed by atoms with van der Waals surface area (Å²) in [4.78, 5) is 26.5. The molecule has 0 aliphatic carbocycles. The van der Waals surface area contributed by atoms with Crippen LogP contribution in [0.1, 0.15) is 18.1 Å². The lowest BCUT2D eigenvalue weighted by Gasteiger charge is -2.24. The lowest BCUT2D eigenvalue weighted by Crippen LogP contribution is -3.12. The second kappa shape index (κ2) is 7.53. The first kappa shape index (κ1) is 18.1. The lowest BCUT2D eigenvalue weighted by molar-refractivity contribution is -0.908. The number of carbonyl (C=O) groups is 2. The summed E-state index contributed by atoms with van der Waals surface area (Å²) in [6.45, 7) is 5.45. The molecule has 2 N–H and O–H groups in total. The molecule has 0 bridgehead atoms. The van der Waals surface area contributed by atoms with Crippen LogP contribution in [-0.2, 0) is 11.3 Å². The largest absolute Gasteiger partial charge is 0.493 e. The van der Waals surface area contributed by atoms with Crippen molar-refractivity contribution in [2.24, 2.45) is 0 Å². The molecular formula is C17H26N3O4+. The molecule has 0 spiro atoms. The predicted octanol–water partition coefficient (Wildman–Crippen LogP) is -0.0328. The minimum Gasteiger partial charge on any atom is -0.493 e. The number of likely N-dealkylation sites (N-methyl/N-ethyl adjacent to an activating group) is 1. The van der Waals surface area contributed by atoms with Crippen molar-refractivity contribution in [2.45, 2.75) is 26.4 Å². The van der Waals surface area contributed by atoms with Crippen molar-refractivity contribution >= 4 is 11.9 Å². The molecule has 1 aliphatic heterocycles. The third-order valence-electron chi connectivity index (χ3n) is 4.54. The molecule has 132 valence electrons. The molecule has 1 unspecified atom stereocenters. The van der Waals surface area contributed by atoms with Gasteiger partial charge in [-0.2, -0.15) is 0 Å². The second-order valence-electron chi connectivity index (χ2n) is 6.10. The Kier molecular flexibility index (Phi) is 5.66. The fraction of sp³-hybridized carbons (Fsp3) is 0.529. The van der Waals surface area contributed by atoms with Crippen LogP contribution in [0.5, 0.6) is 11.5 Å². The molecule has 2 atom stereocenters. The second-order valence-corrected chi connectivity index (χ2v) is 6.10. The van der Waals surface area contributed by atoms with Gasteiger partial charge in [-0.25, -0.2) is 4.79 Å². The molecule has 0 saturated carbocycles. The van der Waals surface area contributed by atoms with Gasteiger partial charge in [0.1, 0.15) is 6.54 Å². The minimum atomic E-state index is -0.318. The van der Waals surface area contributed by atoms with E-state index in [1.54, 1.807) is 14.2 Å². The highest BCUT2D eigenvalue weighted by Gasteiger charge is 2.33. The zero-order valence-electron chi connectivity index (χ0n) is 14.9. The van der Waals surface area contributed by atoms with E-state index >= 15 is 0 Å². The number of hydrogen-bond acceptors (Lipinski definition) is 4. The van der Waals surface area contributed by atoms with Crippen molar-refractivity contribution in [3.8, 4) is 11.5 Å². The number of nitrogens with one attached hydrogen (secondary N) is 2. The third-order valence-corrected chi connectivity index (χ3v) is 4.54. The van der Waals surface area contributed by atoms with Gasteiger partial charge in [0.25, 0.3) is 5.91 Å². The number of imide groups is 1. The summed E-state index contributed by atoms with van der Waals surface area (Å²) in [6, 6.07) is 3.25. The molecule has 1 aliphatic rings. The van der Waals surface area contributed by atoms with Gasteiger partial charge in [-0.15, -0.1) is 0 Å². The Bertz CT molecular complexity index is 633. The molecule has 1 saturated heterocycles. The fourth-order valence-corrected chi connectivity index (χ4v) is 2.79. The standard InChI is InChI=1S/C17H25N3O4/c1-11-8-14(23-4)15(24-5)9-13(11)10-19(3)12(2)16(21)20-7-6-18-17(20)22/h8-9,12H,6-7,10H2,1-5H3,(H,18,22)/p+1/t12-/m0/s1. The molecule has 1 fully saturated rings. The summed E-state index contributed by atoms with van der Waals surface area (Å²) in [7, 11) is 5.16. The van der Waals surface area contributed by atoms with Crippen molar-refractivity contribution in [3.05, 3.63) is 23.3 Å². The molecule has 7 nitrogen and oxygen atoms in total. The molecule has 0 aromatic heterocycles. The molecule has 1 aromatic rings. The normalized spacial score (nSPS) is 16.5. The van der Waals surface area contributed by atoms with E-state index in [0.717, 1.165) is 16.0 Å². The number of ether oxygens (including phenoxy) is 2. The van der Waals surface area contributed by atoms with Gasteiger partial charge < -0.3 is 19.7 Å². The first-order valence-corrected chi connectivity index (χ1v) is 8.02. The van der Waals surface area contributed by atoms with Crippen molar-refractivity contribution in [3.63, 3.8) is 0 Å². The van der Waals surface area contributed by atoms with Crippen LogP contribution in [0.3, 0.4) is 0 Å². The van der Waals surface area contributed by atoms with Crippen LogP contribution in [-0.4, -0.2) is 57.2 Å². The Morgan fingerprint density at radius 3 is 2.50 bits per heavy atom. The number of rotatable bonds is 6. The highest BCUT2D eigenvalue weighted by molar-refractivity contribution is 5.97. The smallest absolute Gasteiger partial charge is 0.324 e. The first-order chi connectivity index (χ1) is 11.4. The van der Waals surface area contributed by atoms with Crippen molar-refractivity contribution in [1.82, 2.24) is 10.2 Å². The molecular weight excluding hydrogens is 310 g/mol. The number of carbonyl (C=O) groups excluding carboxylic acids is 2. The molecule has 0 radical (unpaired) electrons. The van der Waals surface area contributed by atoms with Gasteiger partial charge in [0.05, 0.1) is 21.3 Å².